The highest BCUT2D eigenvalue weighted by Gasteiger charge is 2.00. The van der Waals surface area contributed by atoms with Crippen LogP contribution in [0, 0.1) is 5.92 Å². The second-order valence-electron chi connectivity index (χ2n) is 2.02. The fourth-order valence-electron chi connectivity index (χ4n) is 0.285. The maximum Gasteiger partial charge on any atom is 0.329 e. The molecule has 0 saturated heterocycles. The number of carboxylic acid groups (broad SMARTS) is 1. The predicted octanol–water partition coefficient (Wildman–Crippen LogP) is 1.85. The number of hydrogen-bond donors (Lipinski definition) is 1. The van der Waals surface area contributed by atoms with Crippen LogP contribution in [0.15, 0.2) is 11.1 Å². The van der Waals surface area contributed by atoms with Crippen LogP contribution in [0.2, 0.25) is 0 Å². The van der Waals surface area contributed by atoms with E-state index in [0.29, 0.717) is 5.03 Å². The van der Waals surface area contributed by atoms with Gasteiger partial charge in [-0.15, -0.1) is 0 Å². The standard InChI is InChI=1S/C6H9ClO2/c1-4(2)5(7)3-6(8)9/h3-4H,1-2H3,(H,8,9). The van der Waals surface area contributed by atoms with E-state index in [2.05, 4.69) is 0 Å². The molecule has 2 nitrogen and oxygen atoms in total. The average molecular weight is 149 g/mol. The predicted molar refractivity (Wildman–Crippen MR) is 36.4 cm³/mol. The molecule has 52 valence electrons. The first-order chi connectivity index (χ1) is 4.04. The third kappa shape index (κ3) is 4.03. The normalized spacial score (nSPS) is 12.2. The second-order valence-corrected chi connectivity index (χ2v) is 2.46. The maximum absolute atomic E-state index is 9.95. The smallest absolute Gasteiger partial charge is 0.329 e. The number of hydrogen-bond acceptors (Lipinski definition) is 1. The Balaban J connectivity index is 4.00. The van der Waals surface area contributed by atoms with Gasteiger partial charge in [-0.2, -0.15) is 0 Å². The molecule has 0 aliphatic heterocycles. The van der Waals surface area contributed by atoms with Gasteiger partial charge in [-0.3, -0.25) is 0 Å². The zero-order valence-corrected chi connectivity index (χ0v) is 6.14. The van der Waals surface area contributed by atoms with Crippen LogP contribution < -0.4 is 0 Å². The largest absolute Gasteiger partial charge is 0.478 e. The molecular formula is C6H9ClO2. The van der Waals surface area contributed by atoms with Gasteiger partial charge in [0.25, 0.3) is 0 Å². The highest BCUT2D eigenvalue weighted by Crippen LogP contribution is 2.12. The fourth-order valence-corrected chi connectivity index (χ4v) is 0.378. The Morgan fingerprint density at radius 1 is 1.67 bits per heavy atom. The Morgan fingerprint density at radius 2 is 2.11 bits per heavy atom. The van der Waals surface area contributed by atoms with Crippen LogP contribution in [0.1, 0.15) is 13.8 Å². The molecule has 0 atom stereocenters. The molecule has 0 heterocycles. The fraction of sp³-hybridized carbons (Fsp3) is 0.500. The zero-order valence-electron chi connectivity index (χ0n) is 5.39. The Labute approximate surface area is 59.1 Å². The van der Waals surface area contributed by atoms with Gasteiger partial charge < -0.3 is 5.11 Å². The summed E-state index contributed by atoms with van der Waals surface area (Å²) in [5.41, 5.74) is 0. The van der Waals surface area contributed by atoms with Gasteiger partial charge in [0.05, 0.1) is 0 Å². The summed E-state index contributed by atoms with van der Waals surface area (Å²) in [5.74, 6) is -0.892. The van der Waals surface area contributed by atoms with Crippen molar-refractivity contribution < 1.29 is 9.90 Å². The van der Waals surface area contributed by atoms with Crippen molar-refractivity contribution in [2.75, 3.05) is 0 Å². The summed E-state index contributed by atoms with van der Waals surface area (Å²) >= 11 is 5.49. The van der Waals surface area contributed by atoms with E-state index in [1.807, 2.05) is 13.8 Å². The van der Waals surface area contributed by atoms with Gasteiger partial charge in [0.1, 0.15) is 0 Å². The lowest BCUT2D eigenvalue weighted by Gasteiger charge is -1.98. The van der Waals surface area contributed by atoms with Gasteiger partial charge in [0.2, 0.25) is 0 Å². The summed E-state index contributed by atoms with van der Waals surface area (Å²) in [6.07, 6.45) is 1.01. The molecule has 0 aliphatic carbocycles. The number of carbonyl (C=O) groups is 1. The van der Waals surface area contributed by atoms with E-state index in [4.69, 9.17) is 16.7 Å². The van der Waals surface area contributed by atoms with E-state index in [-0.39, 0.29) is 5.92 Å². The van der Waals surface area contributed by atoms with Crippen molar-refractivity contribution in [2.45, 2.75) is 13.8 Å². The third-order valence-electron chi connectivity index (χ3n) is 0.813. The molecule has 3 heteroatoms. The summed E-state index contributed by atoms with van der Waals surface area (Å²) in [7, 11) is 0. The van der Waals surface area contributed by atoms with Gasteiger partial charge in [0.15, 0.2) is 0 Å². The van der Waals surface area contributed by atoms with Crippen molar-refractivity contribution in [2.24, 2.45) is 5.92 Å². The molecule has 0 radical (unpaired) electrons. The van der Waals surface area contributed by atoms with Crippen molar-refractivity contribution >= 4 is 17.6 Å². The first-order valence-electron chi connectivity index (χ1n) is 2.64. The number of halogens is 1. The Kier molecular flexibility index (Phi) is 3.32. The molecule has 1 N–H and O–H groups in total. The molecule has 0 fully saturated rings. The van der Waals surface area contributed by atoms with Crippen LogP contribution in [0.25, 0.3) is 0 Å². The van der Waals surface area contributed by atoms with Crippen molar-refractivity contribution in [3.63, 3.8) is 0 Å². The summed E-state index contributed by atoms with van der Waals surface area (Å²) in [6, 6.07) is 0. The molecule has 0 aliphatic rings. The number of allylic oxidation sites excluding steroid dienone is 1. The lowest BCUT2D eigenvalue weighted by Crippen LogP contribution is -1.93. The molecule has 0 spiro atoms. The molecule has 0 saturated carbocycles. The van der Waals surface area contributed by atoms with Crippen molar-refractivity contribution in [3.05, 3.63) is 11.1 Å². The monoisotopic (exact) mass is 148 g/mol. The van der Waals surface area contributed by atoms with E-state index >= 15 is 0 Å². The van der Waals surface area contributed by atoms with Crippen molar-refractivity contribution in [1.29, 1.82) is 0 Å². The van der Waals surface area contributed by atoms with E-state index in [1.165, 1.54) is 0 Å². The van der Waals surface area contributed by atoms with Gasteiger partial charge in [0, 0.05) is 11.1 Å². The van der Waals surface area contributed by atoms with Crippen LogP contribution in [0.3, 0.4) is 0 Å². The molecule has 0 bridgehead atoms. The summed E-state index contributed by atoms with van der Waals surface area (Å²) in [5, 5.41) is 8.55. The lowest BCUT2D eigenvalue weighted by atomic mass is 10.2. The number of carboxylic acids is 1. The van der Waals surface area contributed by atoms with Crippen LogP contribution >= 0.6 is 11.6 Å². The number of rotatable bonds is 2. The van der Waals surface area contributed by atoms with Crippen LogP contribution in [-0.2, 0) is 4.79 Å². The molecule has 0 unspecified atom stereocenters. The first-order valence-corrected chi connectivity index (χ1v) is 3.02. The van der Waals surface area contributed by atoms with E-state index < -0.39 is 5.97 Å². The molecule has 0 aromatic rings. The second kappa shape index (κ2) is 3.51. The van der Waals surface area contributed by atoms with Gasteiger partial charge >= 0.3 is 5.97 Å². The van der Waals surface area contributed by atoms with Crippen LogP contribution in [0.4, 0.5) is 0 Å². The quantitative estimate of drug-likeness (QED) is 0.607. The van der Waals surface area contributed by atoms with Crippen molar-refractivity contribution in [3.8, 4) is 0 Å². The Morgan fingerprint density at radius 3 is 2.22 bits per heavy atom. The molecule has 0 amide bonds. The van der Waals surface area contributed by atoms with E-state index in [0.717, 1.165) is 6.08 Å². The molecular weight excluding hydrogens is 140 g/mol. The highest BCUT2D eigenvalue weighted by molar-refractivity contribution is 6.31. The minimum absolute atomic E-state index is 0.0998. The summed E-state index contributed by atoms with van der Waals surface area (Å²) in [4.78, 5) is 9.95. The number of aliphatic carboxylic acids is 1. The van der Waals surface area contributed by atoms with E-state index in [1.54, 1.807) is 0 Å². The lowest BCUT2D eigenvalue weighted by molar-refractivity contribution is -0.131. The topological polar surface area (TPSA) is 37.3 Å². The van der Waals surface area contributed by atoms with Gasteiger partial charge in [-0.05, 0) is 5.92 Å². The van der Waals surface area contributed by atoms with Crippen LogP contribution in [-0.4, -0.2) is 11.1 Å². The minimum Gasteiger partial charge on any atom is -0.478 e. The summed E-state index contributed by atoms with van der Waals surface area (Å²) in [6.45, 7) is 3.67. The van der Waals surface area contributed by atoms with E-state index in [9.17, 15) is 4.79 Å². The maximum atomic E-state index is 9.95. The molecule has 0 rings (SSSR count). The molecule has 9 heavy (non-hydrogen) atoms. The molecule has 0 aromatic carbocycles. The first kappa shape index (κ1) is 8.50. The van der Waals surface area contributed by atoms with Gasteiger partial charge in [-0.25, -0.2) is 4.79 Å². The Bertz CT molecular complexity index is 138. The molecule has 0 aromatic heterocycles. The SMILES string of the molecule is CC(C)C(Cl)=CC(=O)O. The average Bonchev–Trinajstić information content (AvgIpc) is 1.63. The Hall–Kier alpha value is -0.500. The van der Waals surface area contributed by atoms with Crippen LogP contribution in [0.5, 0.6) is 0 Å². The zero-order chi connectivity index (χ0) is 7.44. The highest BCUT2D eigenvalue weighted by atomic mass is 35.5. The third-order valence-corrected chi connectivity index (χ3v) is 1.36. The minimum atomic E-state index is -0.992. The summed E-state index contributed by atoms with van der Waals surface area (Å²) < 4.78 is 0. The van der Waals surface area contributed by atoms with Crippen molar-refractivity contribution in [1.82, 2.24) is 0 Å². The van der Waals surface area contributed by atoms with Gasteiger partial charge in [-0.1, -0.05) is 25.4 Å².